The van der Waals surface area contributed by atoms with Gasteiger partial charge in [0.15, 0.2) is 0 Å². The largest absolute Gasteiger partial charge is 0.392 e. The molecule has 0 spiro atoms. The molecule has 1 aliphatic heterocycles. The lowest BCUT2D eigenvalue weighted by Crippen LogP contribution is -2.57. The number of hydrogen-bond donors (Lipinski definition) is 1. The van der Waals surface area contributed by atoms with Crippen molar-refractivity contribution in [2.24, 2.45) is 11.1 Å². The third-order valence-electron chi connectivity index (χ3n) is 4.34. The van der Waals surface area contributed by atoms with Crippen molar-refractivity contribution in [3.05, 3.63) is 0 Å². The molecule has 18 heavy (non-hydrogen) atoms. The van der Waals surface area contributed by atoms with E-state index >= 15 is 0 Å². The van der Waals surface area contributed by atoms with Gasteiger partial charge in [-0.25, -0.2) is 0 Å². The number of hydrogen-bond acceptors (Lipinski definition) is 3. The van der Waals surface area contributed by atoms with Crippen LogP contribution in [0.2, 0.25) is 0 Å². The first kappa shape index (κ1) is 15.4. The Bertz CT molecular complexity index is 328. The van der Waals surface area contributed by atoms with Crippen molar-refractivity contribution in [3.8, 4) is 0 Å². The molecule has 1 atom stereocenters. The van der Waals surface area contributed by atoms with Gasteiger partial charge in [0.25, 0.3) is 0 Å². The molecule has 0 bridgehead atoms. The first-order chi connectivity index (χ1) is 8.39. The monoisotopic (exact) mass is 271 g/mol. The molecule has 0 aromatic rings. The highest BCUT2D eigenvalue weighted by atomic mass is 32.1. The molecule has 1 unspecified atom stereocenters. The van der Waals surface area contributed by atoms with Gasteiger partial charge in [-0.2, -0.15) is 0 Å². The average Bonchev–Trinajstić information content (AvgIpc) is 2.34. The Morgan fingerprint density at radius 2 is 1.94 bits per heavy atom. The lowest BCUT2D eigenvalue weighted by Gasteiger charge is -2.42. The van der Waals surface area contributed by atoms with Gasteiger partial charge in [-0.1, -0.05) is 26.1 Å². The van der Waals surface area contributed by atoms with E-state index in [-0.39, 0.29) is 5.91 Å². The highest BCUT2D eigenvalue weighted by molar-refractivity contribution is 7.80. The van der Waals surface area contributed by atoms with Crippen molar-refractivity contribution in [1.29, 1.82) is 0 Å². The molecule has 0 radical (unpaired) electrons. The Morgan fingerprint density at radius 3 is 2.33 bits per heavy atom. The smallest absolute Gasteiger partial charge is 0.235 e. The zero-order valence-electron chi connectivity index (χ0n) is 11.9. The molecular formula is C13H25N3OS. The normalized spacial score (nSPS) is 22.0. The van der Waals surface area contributed by atoms with E-state index in [0.717, 1.165) is 19.6 Å². The Hall–Kier alpha value is -0.680. The van der Waals surface area contributed by atoms with Crippen molar-refractivity contribution in [2.75, 3.05) is 26.7 Å². The number of nitrogens with zero attached hydrogens (tertiary/aromatic N) is 2. The van der Waals surface area contributed by atoms with Crippen LogP contribution in [0, 0.1) is 5.41 Å². The molecule has 1 amide bonds. The number of thiocarbonyl (C=S) groups is 1. The van der Waals surface area contributed by atoms with Crippen LogP contribution in [-0.2, 0) is 4.79 Å². The summed E-state index contributed by atoms with van der Waals surface area (Å²) < 4.78 is 0. The summed E-state index contributed by atoms with van der Waals surface area (Å²) in [5, 5.41) is 0. The Labute approximate surface area is 115 Å². The summed E-state index contributed by atoms with van der Waals surface area (Å²) >= 11 is 5.15. The number of rotatable bonds is 4. The number of piperazine rings is 1. The molecule has 4 nitrogen and oxygen atoms in total. The number of nitrogens with two attached hydrogens (primary N) is 1. The Kier molecular flexibility index (Phi) is 5.10. The molecule has 104 valence electrons. The van der Waals surface area contributed by atoms with Crippen LogP contribution in [-0.4, -0.2) is 53.4 Å². The predicted octanol–water partition coefficient (Wildman–Crippen LogP) is 1.24. The minimum Gasteiger partial charge on any atom is -0.392 e. The highest BCUT2D eigenvalue weighted by Crippen LogP contribution is 2.30. The van der Waals surface area contributed by atoms with Gasteiger partial charge in [-0.15, -0.1) is 0 Å². The van der Waals surface area contributed by atoms with Crippen molar-refractivity contribution < 1.29 is 4.79 Å². The molecule has 2 N–H and O–H groups in total. The van der Waals surface area contributed by atoms with Crippen LogP contribution in [0.25, 0.3) is 0 Å². The summed E-state index contributed by atoms with van der Waals surface area (Å²) in [5.41, 5.74) is 5.19. The van der Waals surface area contributed by atoms with Gasteiger partial charge in [0.05, 0.1) is 10.4 Å². The topological polar surface area (TPSA) is 49.6 Å². The average molecular weight is 271 g/mol. The number of likely N-dealkylation sites (N-methyl/N-ethyl adjacent to an activating group) is 1. The highest BCUT2D eigenvalue weighted by Gasteiger charge is 2.42. The first-order valence-corrected chi connectivity index (χ1v) is 7.09. The van der Waals surface area contributed by atoms with Gasteiger partial charge in [0.2, 0.25) is 5.91 Å². The maximum atomic E-state index is 12.7. The van der Waals surface area contributed by atoms with E-state index in [1.807, 2.05) is 18.7 Å². The predicted molar refractivity (Wildman–Crippen MR) is 78.5 cm³/mol. The lowest BCUT2D eigenvalue weighted by atomic mass is 9.80. The SMILES string of the molecule is CCC(CC)(C(=O)N1CCN(C)C(C)C1)C(N)=S. The number of carbonyl (C=O) groups is 1. The molecule has 1 heterocycles. The van der Waals surface area contributed by atoms with E-state index in [4.69, 9.17) is 18.0 Å². The summed E-state index contributed by atoms with van der Waals surface area (Å²) in [6, 6.07) is 0.389. The number of amides is 1. The van der Waals surface area contributed by atoms with Crippen LogP contribution in [0.3, 0.4) is 0 Å². The summed E-state index contributed by atoms with van der Waals surface area (Å²) in [6.07, 6.45) is 1.36. The summed E-state index contributed by atoms with van der Waals surface area (Å²) in [4.78, 5) is 17.2. The maximum Gasteiger partial charge on any atom is 0.235 e. The van der Waals surface area contributed by atoms with E-state index in [1.165, 1.54) is 0 Å². The van der Waals surface area contributed by atoms with Crippen LogP contribution >= 0.6 is 12.2 Å². The van der Waals surface area contributed by atoms with Gasteiger partial charge in [0, 0.05) is 25.7 Å². The summed E-state index contributed by atoms with van der Waals surface area (Å²) in [6.45, 7) is 8.55. The molecular weight excluding hydrogens is 246 g/mol. The quantitative estimate of drug-likeness (QED) is 0.782. The summed E-state index contributed by atoms with van der Waals surface area (Å²) in [5.74, 6) is 0.111. The zero-order valence-corrected chi connectivity index (χ0v) is 12.7. The fourth-order valence-electron chi connectivity index (χ4n) is 2.54. The molecule has 1 aliphatic rings. The molecule has 0 aromatic heterocycles. The van der Waals surface area contributed by atoms with Crippen LogP contribution < -0.4 is 5.73 Å². The van der Waals surface area contributed by atoms with Crippen molar-refractivity contribution >= 4 is 23.1 Å². The standard InChI is InChI=1S/C13H25N3OS/c1-5-13(6-2,11(14)18)12(17)16-8-7-15(4)10(3)9-16/h10H,5-9H2,1-4H3,(H2,14,18). The van der Waals surface area contributed by atoms with Crippen LogP contribution in [0.5, 0.6) is 0 Å². The van der Waals surface area contributed by atoms with Crippen LogP contribution in [0.15, 0.2) is 0 Å². The van der Waals surface area contributed by atoms with Gasteiger partial charge >= 0.3 is 0 Å². The minimum absolute atomic E-state index is 0.111. The fourth-order valence-corrected chi connectivity index (χ4v) is 2.92. The summed E-state index contributed by atoms with van der Waals surface area (Å²) in [7, 11) is 2.09. The number of carbonyl (C=O) groups excluding carboxylic acids is 1. The van der Waals surface area contributed by atoms with Crippen molar-refractivity contribution in [3.63, 3.8) is 0 Å². The molecule has 1 fully saturated rings. The van der Waals surface area contributed by atoms with E-state index < -0.39 is 5.41 Å². The molecule has 0 aliphatic carbocycles. The van der Waals surface area contributed by atoms with E-state index in [9.17, 15) is 4.79 Å². The van der Waals surface area contributed by atoms with E-state index in [1.54, 1.807) is 0 Å². The van der Waals surface area contributed by atoms with Crippen LogP contribution in [0.1, 0.15) is 33.6 Å². The lowest BCUT2D eigenvalue weighted by molar-refractivity contribution is -0.141. The zero-order chi connectivity index (χ0) is 13.9. The third kappa shape index (κ3) is 2.67. The third-order valence-corrected chi connectivity index (χ3v) is 4.73. The second-order valence-corrected chi connectivity index (χ2v) is 5.67. The van der Waals surface area contributed by atoms with Crippen molar-refractivity contribution in [2.45, 2.75) is 39.7 Å². The van der Waals surface area contributed by atoms with Gasteiger partial charge in [-0.3, -0.25) is 4.79 Å². The minimum atomic E-state index is -0.648. The van der Waals surface area contributed by atoms with Crippen LogP contribution in [0.4, 0.5) is 0 Å². The van der Waals surface area contributed by atoms with E-state index in [0.29, 0.717) is 23.9 Å². The van der Waals surface area contributed by atoms with Crippen molar-refractivity contribution in [1.82, 2.24) is 9.80 Å². The first-order valence-electron chi connectivity index (χ1n) is 6.68. The second kappa shape index (κ2) is 5.97. The Balaban J connectivity index is 2.88. The molecule has 0 saturated carbocycles. The van der Waals surface area contributed by atoms with Gasteiger partial charge in [-0.05, 0) is 26.8 Å². The molecule has 1 saturated heterocycles. The van der Waals surface area contributed by atoms with Gasteiger partial charge in [0.1, 0.15) is 0 Å². The molecule has 0 aromatic carbocycles. The Morgan fingerprint density at radius 1 is 1.39 bits per heavy atom. The maximum absolute atomic E-state index is 12.7. The van der Waals surface area contributed by atoms with Gasteiger partial charge < -0.3 is 15.5 Å². The second-order valence-electron chi connectivity index (χ2n) is 5.23. The molecule has 1 rings (SSSR count). The fraction of sp³-hybridized carbons (Fsp3) is 0.846. The van der Waals surface area contributed by atoms with E-state index in [2.05, 4.69) is 18.9 Å². The molecule has 5 heteroatoms.